The van der Waals surface area contributed by atoms with Gasteiger partial charge in [0.15, 0.2) is 0 Å². The lowest BCUT2D eigenvalue weighted by atomic mass is 9.88. The number of hydrogen-bond donors (Lipinski definition) is 1. The molecule has 0 aliphatic carbocycles. The van der Waals surface area contributed by atoms with Crippen LogP contribution in [-0.2, 0) is 4.74 Å². The Labute approximate surface area is 119 Å². The summed E-state index contributed by atoms with van der Waals surface area (Å²) >= 11 is 0. The molecule has 0 radical (unpaired) electrons. The minimum absolute atomic E-state index is 0.0230. The molecule has 0 spiro atoms. The average Bonchev–Trinajstić information content (AvgIpc) is 2.34. The van der Waals surface area contributed by atoms with E-state index in [2.05, 4.69) is 26.1 Å². The van der Waals surface area contributed by atoms with Gasteiger partial charge >= 0.3 is 0 Å². The number of nitrogens with one attached hydrogen (secondary N) is 1. The van der Waals surface area contributed by atoms with Gasteiger partial charge in [-0.05, 0) is 51.3 Å². The molecule has 2 rings (SSSR count). The van der Waals surface area contributed by atoms with Crippen molar-refractivity contribution in [3.8, 4) is 0 Å². The summed E-state index contributed by atoms with van der Waals surface area (Å²) in [6.45, 7) is 7.75. The molecule has 2 unspecified atom stereocenters. The van der Waals surface area contributed by atoms with Crippen LogP contribution in [0.25, 0.3) is 0 Å². The molecule has 1 N–H and O–H groups in total. The van der Waals surface area contributed by atoms with Crippen molar-refractivity contribution in [3.63, 3.8) is 0 Å². The van der Waals surface area contributed by atoms with Gasteiger partial charge in [-0.1, -0.05) is 0 Å². The van der Waals surface area contributed by atoms with E-state index in [-0.39, 0.29) is 17.6 Å². The zero-order valence-electron chi connectivity index (χ0n) is 12.4. The second kappa shape index (κ2) is 6.19. The van der Waals surface area contributed by atoms with E-state index in [1.165, 1.54) is 12.1 Å². The first-order chi connectivity index (χ1) is 9.35. The van der Waals surface area contributed by atoms with Gasteiger partial charge in [0.2, 0.25) is 0 Å². The van der Waals surface area contributed by atoms with Crippen molar-refractivity contribution in [2.45, 2.75) is 45.3 Å². The largest absolute Gasteiger partial charge is 0.373 e. The van der Waals surface area contributed by atoms with Gasteiger partial charge in [-0.25, -0.2) is 8.78 Å². The van der Waals surface area contributed by atoms with Gasteiger partial charge in [0, 0.05) is 30.7 Å². The summed E-state index contributed by atoms with van der Waals surface area (Å²) in [7, 11) is 0. The van der Waals surface area contributed by atoms with Crippen LogP contribution in [0, 0.1) is 17.6 Å². The van der Waals surface area contributed by atoms with Crippen LogP contribution < -0.4 is 5.32 Å². The van der Waals surface area contributed by atoms with Crippen LogP contribution in [0.3, 0.4) is 0 Å². The summed E-state index contributed by atoms with van der Waals surface area (Å²) < 4.78 is 32.5. The summed E-state index contributed by atoms with van der Waals surface area (Å²) in [5, 5.41) is 3.45. The summed E-state index contributed by atoms with van der Waals surface area (Å²) in [5.41, 5.74) is 0.623. The molecule has 0 saturated carbocycles. The van der Waals surface area contributed by atoms with Gasteiger partial charge in [-0.2, -0.15) is 0 Å². The van der Waals surface area contributed by atoms with E-state index in [4.69, 9.17) is 4.74 Å². The van der Waals surface area contributed by atoms with Gasteiger partial charge in [0.25, 0.3) is 0 Å². The van der Waals surface area contributed by atoms with E-state index in [9.17, 15) is 8.78 Å². The highest BCUT2D eigenvalue weighted by Gasteiger charge is 2.29. The first-order valence-corrected chi connectivity index (χ1v) is 7.18. The van der Waals surface area contributed by atoms with Crippen molar-refractivity contribution in [1.29, 1.82) is 0 Å². The molecule has 1 fully saturated rings. The normalized spacial score (nSPS) is 23.9. The Balaban J connectivity index is 2.13. The van der Waals surface area contributed by atoms with E-state index < -0.39 is 11.6 Å². The fourth-order valence-corrected chi connectivity index (χ4v) is 2.60. The number of benzene rings is 1. The smallest absolute Gasteiger partial charge is 0.126 e. The van der Waals surface area contributed by atoms with E-state index in [1.54, 1.807) is 0 Å². The molecule has 1 aromatic carbocycles. The number of ether oxygens (including phenoxy) is 1. The standard InChI is InChI=1S/C16H23F2NO/c1-16(2,3)19-10-11-5-4-6-20-15(11)12-7-13(17)9-14(18)8-12/h7-9,11,15,19H,4-6,10H2,1-3H3. The first kappa shape index (κ1) is 15.4. The van der Waals surface area contributed by atoms with Crippen molar-refractivity contribution in [1.82, 2.24) is 5.32 Å². The Hall–Kier alpha value is -1.00. The maximum Gasteiger partial charge on any atom is 0.126 e. The van der Waals surface area contributed by atoms with Gasteiger partial charge in [0.05, 0.1) is 6.10 Å². The highest BCUT2D eigenvalue weighted by molar-refractivity contribution is 5.21. The third-order valence-electron chi connectivity index (χ3n) is 3.55. The highest BCUT2D eigenvalue weighted by atomic mass is 19.1. The minimum atomic E-state index is -0.545. The predicted molar refractivity (Wildman–Crippen MR) is 75.5 cm³/mol. The van der Waals surface area contributed by atoms with Crippen molar-refractivity contribution in [3.05, 3.63) is 35.4 Å². The molecule has 2 nitrogen and oxygen atoms in total. The third-order valence-corrected chi connectivity index (χ3v) is 3.55. The maximum atomic E-state index is 13.4. The monoisotopic (exact) mass is 283 g/mol. The molecular weight excluding hydrogens is 260 g/mol. The van der Waals surface area contributed by atoms with Crippen LogP contribution in [0.2, 0.25) is 0 Å². The average molecular weight is 283 g/mol. The van der Waals surface area contributed by atoms with Crippen molar-refractivity contribution in [2.75, 3.05) is 13.2 Å². The fourth-order valence-electron chi connectivity index (χ4n) is 2.60. The molecule has 1 aliphatic heterocycles. The third kappa shape index (κ3) is 4.25. The van der Waals surface area contributed by atoms with E-state index >= 15 is 0 Å². The van der Waals surface area contributed by atoms with Gasteiger partial charge in [-0.3, -0.25) is 0 Å². The van der Waals surface area contributed by atoms with Crippen molar-refractivity contribution in [2.24, 2.45) is 5.92 Å². The van der Waals surface area contributed by atoms with E-state index in [1.807, 2.05) is 0 Å². The molecule has 112 valence electrons. The second-order valence-corrected chi connectivity index (χ2v) is 6.53. The van der Waals surface area contributed by atoms with Gasteiger partial charge in [0.1, 0.15) is 11.6 Å². The lowest BCUT2D eigenvalue weighted by molar-refractivity contribution is -0.0295. The van der Waals surface area contributed by atoms with Crippen LogP contribution in [-0.4, -0.2) is 18.7 Å². The quantitative estimate of drug-likeness (QED) is 0.910. The number of rotatable bonds is 3. The Bertz CT molecular complexity index is 436. The summed E-state index contributed by atoms with van der Waals surface area (Å²) in [5.74, 6) is -0.849. The Kier molecular flexibility index (Phi) is 4.76. The minimum Gasteiger partial charge on any atom is -0.373 e. The Morgan fingerprint density at radius 3 is 2.45 bits per heavy atom. The van der Waals surface area contributed by atoms with Gasteiger partial charge < -0.3 is 10.1 Å². The summed E-state index contributed by atoms with van der Waals surface area (Å²) in [6.07, 6.45) is 1.76. The highest BCUT2D eigenvalue weighted by Crippen LogP contribution is 2.34. The van der Waals surface area contributed by atoms with Crippen molar-refractivity contribution >= 4 is 0 Å². The van der Waals surface area contributed by atoms with Crippen molar-refractivity contribution < 1.29 is 13.5 Å². The molecule has 1 saturated heterocycles. The lowest BCUT2D eigenvalue weighted by Gasteiger charge is -2.34. The fraction of sp³-hybridized carbons (Fsp3) is 0.625. The molecule has 1 aromatic rings. The summed E-state index contributed by atoms with van der Waals surface area (Å²) in [6, 6.07) is 3.65. The Morgan fingerprint density at radius 1 is 1.20 bits per heavy atom. The van der Waals surface area contributed by atoms with Gasteiger partial charge in [-0.15, -0.1) is 0 Å². The predicted octanol–water partition coefficient (Wildman–Crippen LogP) is 3.82. The van der Waals surface area contributed by atoms with Crippen LogP contribution >= 0.6 is 0 Å². The first-order valence-electron chi connectivity index (χ1n) is 7.18. The molecule has 4 heteroatoms. The van der Waals surface area contributed by atoms with Crippen LogP contribution in [0.1, 0.15) is 45.3 Å². The van der Waals surface area contributed by atoms with E-state index in [0.29, 0.717) is 12.2 Å². The van der Waals surface area contributed by atoms with E-state index in [0.717, 1.165) is 25.5 Å². The SMILES string of the molecule is CC(C)(C)NCC1CCCOC1c1cc(F)cc(F)c1. The molecule has 2 atom stereocenters. The topological polar surface area (TPSA) is 21.3 Å². The maximum absolute atomic E-state index is 13.4. The molecule has 20 heavy (non-hydrogen) atoms. The molecule has 0 aromatic heterocycles. The molecule has 0 bridgehead atoms. The number of halogens is 2. The zero-order valence-corrected chi connectivity index (χ0v) is 12.4. The number of hydrogen-bond acceptors (Lipinski definition) is 2. The molecular formula is C16H23F2NO. The second-order valence-electron chi connectivity index (χ2n) is 6.53. The zero-order chi connectivity index (χ0) is 14.8. The van der Waals surface area contributed by atoms with Crippen LogP contribution in [0.5, 0.6) is 0 Å². The molecule has 1 aliphatic rings. The lowest BCUT2D eigenvalue weighted by Crippen LogP contribution is -2.41. The summed E-state index contributed by atoms with van der Waals surface area (Å²) in [4.78, 5) is 0. The Morgan fingerprint density at radius 2 is 1.85 bits per heavy atom. The van der Waals surface area contributed by atoms with Crippen LogP contribution in [0.4, 0.5) is 8.78 Å². The molecule has 0 amide bonds. The van der Waals surface area contributed by atoms with Crippen LogP contribution in [0.15, 0.2) is 18.2 Å². The molecule has 1 heterocycles.